The lowest BCUT2D eigenvalue weighted by Crippen LogP contribution is -2.31. The van der Waals surface area contributed by atoms with Crippen LogP contribution in [-0.4, -0.2) is 37.2 Å². The molecule has 0 spiro atoms. The summed E-state index contributed by atoms with van der Waals surface area (Å²) in [6.07, 6.45) is 2.49. The van der Waals surface area contributed by atoms with Gasteiger partial charge in [-0.2, -0.15) is 0 Å². The zero-order valence-corrected chi connectivity index (χ0v) is 13.6. The molecule has 0 aliphatic carbocycles. The molecule has 1 fully saturated rings. The Balaban J connectivity index is 0.00000116. The van der Waals surface area contributed by atoms with Crippen LogP contribution in [0.5, 0.6) is 5.75 Å². The van der Waals surface area contributed by atoms with E-state index in [9.17, 15) is 9.59 Å². The van der Waals surface area contributed by atoms with Crippen molar-refractivity contribution in [2.24, 2.45) is 0 Å². The van der Waals surface area contributed by atoms with E-state index < -0.39 is 6.09 Å². The highest BCUT2D eigenvalue weighted by Gasteiger charge is 2.27. The first-order chi connectivity index (χ1) is 10.7. The van der Waals surface area contributed by atoms with Gasteiger partial charge in [0.05, 0.1) is 13.7 Å². The van der Waals surface area contributed by atoms with Gasteiger partial charge >= 0.3 is 6.09 Å². The van der Waals surface area contributed by atoms with Crippen molar-refractivity contribution in [3.63, 3.8) is 0 Å². The summed E-state index contributed by atoms with van der Waals surface area (Å²) in [4.78, 5) is 24.1. The molecule has 0 bridgehead atoms. The van der Waals surface area contributed by atoms with Gasteiger partial charge in [0, 0.05) is 6.42 Å². The molecule has 0 N–H and O–H groups in total. The van der Waals surface area contributed by atoms with Crippen molar-refractivity contribution < 1.29 is 19.1 Å². The Bertz CT molecular complexity index is 470. The van der Waals surface area contributed by atoms with Crippen LogP contribution in [0.25, 0.3) is 0 Å². The molecule has 0 unspecified atom stereocenters. The molecule has 1 saturated heterocycles. The Kier molecular flexibility index (Phi) is 8.04. The number of nitrogens with zero attached hydrogens (tertiary/aromatic N) is 1. The number of unbranched alkanes of at least 4 members (excludes halogenated alkanes) is 1. The van der Waals surface area contributed by atoms with E-state index in [4.69, 9.17) is 9.47 Å². The molecule has 1 heterocycles. The summed E-state index contributed by atoms with van der Waals surface area (Å²) in [5.41, 5.74) is 1.22. The number of imide groups is 1. The fourth-order valence-corrected chi connectivity index (χ4v) is 2.15. The Morgan fingerprint density at radius 2 is 1.91 bits per heavy atom. The zero-order chi connectivity index (χ0) is 16.4. The maximum absolute atomic E-state index is 11.8. The van der Waals surface area contributed by atoms with Crippen LogP contribution >= 0.6 is 0 Å². The highest BCUT2D eigenvalue weighted by molar-refractivity contribution is 5.92. The number of ether oxygens (including phenoxy) is 2. The highest BCUT2D eigenvalue weighted by Crippen LogP contribution is 2.14. The molecule has 1 aromatic rings. The third-order valence-corrected chi connectivity index (χ3v) is 3.33. The van der Waals surface area contributed by atoms with Gasteiger partial charge in [0.2, 0.25) is 5.91 Å². The summed E-state index contributed by atoms with van der Waals surface area (Å²) < 4.78 is 9.84. The second-order valence-corrected chi connectivity index (χ2v) is 4.71. The van der Waals surface area contributed by atoms with E-state index in [0.717, 1.165) is 25.0 Å². The van der Waals surface area contributed by atoms with E-state index >= 15 is 0 Å². The minimum Gasteiger partial charge on any atom is -0.497 e. The minimum absolute atomic E-state index is 0.137. The van der Waals surface area contributed by atoms with Crippen LogP contribution in [-0.2, 0) is 16.0 Å². The van der Waals surface area contributed by atoms with E-state index in [0.29, 0.717) is 19.6 Å². The summed E-state index contributed by atoms with van der Waals surface area (Å²) in [6, 6.07) is 7.92. The zero-order valence-electron chi connectivity index (χ0n) is 13.6. The first kappa shape index (κ1) is 18.0. The van der Waals surface area contributed by atoms with Crippen LogP contribution in [0.3, 0.4) is 0 Å². The van der Waals surface area contributed by atoms with Gasteiger partial charge in [0.25, 0.3) is 0 Å². The minimum atomic E-state index is -0.509. The van der Waals surface area contributed by atoms with Crippen LogP contribution in [0, 0.1) is 0 Å². The largest absolute Gasteiger partial charge is 0.497 e. The second kappa shape index (κ2) is 9.82. The molecule has 122 valence electrons. The van der Waals surface area contributed by atoms with Gasteiger partial charge in [-0.15, -0.1) is 0 Å². The van der Waals surface area contributed by atoms with Crippen LogP contribution in [0.2, 0.25) is 0 Å². The standard InChI is InChI=1S/C15H19NO4.C2H6/c1-19-13-8-6-12(7-9-13)4-2-3-5-14(17)16-10-11-20-15(16)18;1-2/h6-9H,2-5,10-11H2,1H3;1-2H3. The lowest BCUT2D eigenvalue weighted by atomic mass is 10.1. The number of cyclic esters (lactones) is 1. The summed E-state index contributed by atoms with van der Waals surface area (Å²) in [7, 11) is 1.64. The molecule has 1 aromatic carbocycles. The molecule has 1 aliphatic rings. The number of hydrogen-bond acceptors (Lipinski definition) is 4. The number of methoxy groups -OCH3 is 1. The molecular formula is C17H25NO4. The van der Waals surface area contributed by atoms with Crippen LogP contribution < -0.4 is 4.74 Å². The number of hydrogen-bond donors (Lipinski definition) is 0. The number of benzene rings is 1. The molecule has 22 heavy (non-hydrogen) atoms. The van der Waals surface area contributed by atoms with Gasteiger partial charge in [0.15, 0.2) is 0 Å². The quantitative estimate of drug-likeness (QED) is 0.756. The molecule has 5 nitrogen and oxygen atoms in total. The first-order valence-electron chi connectivity index (χ1n) is 7.81. The van der Waals surface area contributed by atoms with Gasteiger partial charge in [-0.1, -0.05) is 26.0 Å². The third-order valence-electron chi connectivity index (χ3n) is 3.33. The molecule has 2 rings (SSSR count). The van der Waals surface area contributed by atoms with Gasteiger partial charge in [-0.3, -0.25) is 4.79 Å². The maximum atomic E-state index is 11.8. The van der Waals surface area contributed by atoms with Crippen LogP contribution in [0.4, 0.5) is 4.79 Å². The van der Waals surface area contributed by atoms with Crippen LogP contribution in [0.1, 0.15) is 38.7 Å². The summed E-state index contributed by atoms with van der Waals surface area (Å²) in [5.74, 6) is 0.707. The SMILES string of the molecule is CC.COc1ccc(CCCCC(=O)N2CCOC2=O)cc1. The lowest BCUT2D eigenvalue weighted by Gasteiger charge is -2.10. The van der Waals surface area contributed by atoms with Crippen molar-refractivity contribution in [2.75, 3.05) is 20.3 Å². The average molecular weight is 307 g/mol. The van der Waals surface area contributed by atoms with Crippen molar-refractivity contribution in [3.05, 3.63) is 29.8 Å². The monoisotopic (exact) mass is 307 g/mol. The van der Waals surface area contributed by atoms with E-state index in [-0.39, 0.29) is 5.91 Å². The summed E-state index contributed by atoms with van der Waals surface area (Å²) >= 11 is 0. The van der Waals surface area contributed by atoms with Crippen molar-refractivity contribution in [3.8, 4) is 5.75 Å². The van der Waals surface area contributed by atoms with E-state index in [1.165, 1.54) is 10.5 Å². The predicted octanol–water partition coefficient (Wildman–Crippen LogP) is 3.41. The molecule has 0 radical (unpaired) electrons. The molecule has 5 heteroatoms. The normalized spacial score (nSPS) is 13.2. The van der Waals surface area contributed by atoms with Crippen molar-refractivity contribution >= 4 is 12.0 Å². The van der Waals surface area contributed by atoms with Crippen molar-refractivity contribution in [1.82, 2.24) is 4.90 Å². The smallest absolute Gasteiger partial charge is 0.416 e. The fourth-order valence-electron chi connectivity index (χ4n) is 2.15. The van der Waals surface area contributed by atoms with E-state index in [1.54, 1.807) is 7.11 Å². The second-order valence-electron chi connectivity index (χ2n) is 4.71. The summed E-state index contributed by atoms with van der Waals surface area (Å²) in [6.45, 7) is 4.70. The molecule has 1 aliphatic heterocycles. The fraction of sp³-hybridized carbons (Fsp3) is 0.529. The van der Waals surface area contributed by atoms with Gasteiger partial charge in [-0.25, -0.2) is 9.69 Å². The van der Waals surface area contributed by atoms with Crippen LogP contribution in [0.15, 0.2) is 24.3 Å². The number of carbonyl (C=O) groups is 2. The number of rotatable bonds is 6. The Morgan fingerprint density at radius 1 is 1.23 bits per heavy atom. The van der Waals surface area contributed by atoms with Crippen molar-refractivity contribution in [2.45, 2.75) is 39.5 Å². The maximum Gasteiger partial charge on any atom is 0.416 e. The number of carbonyl (C=O) groups excluding carboxylic acids is 2. The third kappa shape index (κ3) is 5.39. The molecule has 0 saturated carbocycles. The molecule has 0 aromatic heterocycles. The van der Waals surface area contributed by atoms with Gasteiger partial charge < -0.3 is 9.47 Å². The number of aryl methyl sites for hydroxylation is 1. The Morgan fingerprint density at radius 3 is 2.45 bits per heavy atom. The molecule has 2 amide bonds. The Hall–Kier alpha value is -2.04. The molecule has 0 atom stereocenters. The highest BCUT2D eigenvalue weighted by atomic mass is 16.6. The van der Waals surface area contributed by atoms with Gasteiger partial charge in [-0.05, 0) is 37.0 Å². The van der Waals surface area contributed by atoms with E-state index in [1.807, 2.05) is 38.1 Å². The average Bonchev–Trinajstić information content (AvgIpc) is 3.00. The number of amides is 2. The first-order valence-corrected chi connectivity index (χ1v) is 7.81. The molecular weight excluding hydrogens is 282 g/mol. The van der Waals surface area contributed by atoms with Crippen molar-refractivity contribution in [1.29, 1.82) is 0 Å². The topological polar surface area (TPSA) is 55.8 Å². The Labute approximate surface area is 132 Å². The van der Waals surface area contributed by atoms with E-state index in [2.05, 4.69) is 0 Å². The lowest BCUT2D eigenvalue weighted by molar-refractivity contribution is -0.127. The summed E-state index contributed by atoms with van der Waals surface area (Å²) in [5, 5.41) is 0. The predicted molar refractivity (Wildman–Crippen MR) is 85.0 cm³/mol. The van der Waals surface area contributed by atoms with Gasteiger partial charge in [0.1, 0.15) is 12.4 Å².